The van der Waals surface area contributed by atoms with Crippen molar-refractivity contribution in [3.05, 3.63) is 16.4 Å². The Morgan fingerprint density at radius 2 is 2.22 bits per heavy atom. The molecule has 1 aromatic heterocycles. The van der Waals surface area contributed by atoms with Crippen LogP contribution in [0.5, 0.6) is 0 Å². The topological polar surface area (TPSA) is 131 Å². The second-order valence-corrected chi connectivity index (χ2v) is 4.21. The van der Waals surface area contributed by atoms with Crippen LogP contribution < -0.4 is 0 Å². The monoisotopic (exact) mass is 277 g/mol. The third kappa shape index (κ3) is 1.97. The first-order chi connectivity index (χ1) is 8.47. The molecule has 4 atom stereocenters. The van der Waals surface area contributed by atoms with Gasteiger partial charge in [0.2, 0.25) is 6.33 Å². The molecule has 0 saturated carbocycles. The summed E-state index contributed by atoms with van der Waals surface area (Å²) >= 11 is 3.93. The fourth-order valence-corrected chi connectivity index (χ4v) is 2.07. The molecule has 1 aliphatic rings. The maximum atomic E-state index is 10.6. The maximum absolute atomic E-state index is 10.6. The number of imidazole rings is 1. The molecule has 1 aliphatic heterocycles. The summed E-state index contributed by atoms with van der Waals surface area (Å²) in [7, 11) is 0. The highest BCUT2D eigenvalue weighted by atomic mass is 32.1. The van der Waals surface area contributed by atoms with Crippen LogP contribution in [0.2, 0.25) is 0 Å². The van der Waals surface area contributed by atoms with Crippen molar-refractivity contribution in [3.63, 3.8) is 0 Å². The molecule has 18 heavy (non-hydrogen) atoms. The lowest BCUT2D eigenvalue weighted by Crippen LogP contribution is -2.33. The van der Waals surface area contributed by atoms with Crippen molar-refractivity contribution in [1.82, 2.24) is 9.55 Å². The number of aromatic nitrogens is 2. The molecule has 3 N–H and O–H groups in total. The average Bonchev–Trinajstić information content (AvgIpc) is 2.82. The minimum Gasteiger partial charge on any atom is -0.394 e. The molecule has 0 aromatic carbocycles. The number of rotatable bonds is 3. The van der Waals surface area contributed by atoms with Crippen molar-refractivity contribution in [3.8, 4) is 0 Å². The Hall–Kier alpha value is -1.20. The van der Waals surface area contributed by atoms with E-state index in [9.17, 15) is 20.3 Å². The van der Waals surface area contributed by atoms with Crippen molar-refractivity contribution in [2.75, 3.05) is 6.61 Å². The van der Waals surface area contributed by atoms with Crippen LogP contribution in [0.1, 0.15) is 6.23 Å². The molecule has 9 nitrogen and oxygen atoms in total. The number of nitrogens with zero attached hydrogens (tertiary/aromatic N) is 3. The maximum Gasteiger partial charge on any atom is 0.395 e. The number of hydrogen-bond donors (Lipinski definition) is 4. The van der Waals surface area contributed by atoms with Crippen molar-refractivity contribution in [1.29, 1.82) is 0 Å². The molecule has 1 fully saturated rings. The van der Waals surface area contributed by atoms with Gasteiger partial charge in [-0.15, -0.1) is 12.6 Å². The molecule has 0 bridgehead atoms. The standard InChI is InChI=1S/C8H11N3O6S/c12-1-3-4(13)5(14)7(17-3)10-2-9-6(8(10)18)11(15)16/h2-5,7,12-14,18H,1H2/t3-,4+,5-,7-/m0/s1. The highest BCUT2D eigenvalue weighted by Crippen LogP contribution is 2.33. The van der Waals surface area contributed by atoms with Gasteiger partial charge in [0, 0.05) is 0 Å². The zero-order valence-corrected chi connectivity index (χ0v) is 9.84. The zero-order valence-electron chi connectivity index (χ0n) is 8.95. The second kappa shape index (κ2) is 4.82. The van der Waals surface area contributed by atoms with Gasteiger partial charge in [-0.2, -0.15) is 0 Å². The van der Waals surface area contributed by atoms with Gasteiger partial charge < -0.3 is 30.2 Å². The van der Waals surface area contributed by atoms with Crippen LogP contribution in [0, 0.1) is 10.1 Å². The Labute approximate surface area is 106 Å². The lowest BCUT2D eigenvalue weighted by molar-refractivity contribution is -0.392. The summed E-state index contributed by atoms with van der Waals surface area (Å²) in [6, 6.07) is 0. The number of aliphatic hydroxyl groups excluding tert-OH is 3. The normalized spacial score (nSPS) is 31.8. The quantitative estimate of drug-likeness (QED) is 0.306. The number of thiol groups is 1. The van der Waals surface area contributed by atoms with E-state index in [0.717, 1.165) is 10.9 Å². The van der Waals surface area contributed by atoms with E-state index in [0.29, 0.717) is 0 Å². The van der Waals surface area contributed by atoms with E-state index in [1.54, 1.807) is 0 Å². The molecule has 1 aromatic rings. The molecule has 2 heterocycles. The summed E-state index contributed by atoms with van der Waals surface area (Å²) in [5.41, 5.74) is 0. The van der Waals surface area contributed by atoms with Crippen molar-refractivity contribution >= 4 is 18.4 Å². The predicted molar refractivity (Wildman–Crippen MR) is 59.1 cm³/mol. The van der Waals surface area contributed by atoms with E-state index in [4.69, 9.17) is 9.84 Å². The second-order valence-electron chi connectivity index (χ2n) is 3.79. The summed E-state index contributed by atoms with van der Waals surface area (Å²) in [5, 5.41) is 38.8. The molecule has 1 saturated heterocycles. The largest absolute Gasteiger partial charge is 0.395 e. The lowest BCUT2D eigenvalue weighted by Gasteiger charge is -2.15. The molecule has 0 spiro atoms. The Bertz CT molecular complexity index is 466. The van der Waals surface area contributed by atoms with Crippen LogP contribution in [0.25, 0.3) is 0 Å². The fraction of sp³-hybridized carbons (Fsp3) is 0.625. The highest BCUT2D eigenvalue weighted by Gasteiger charge is 2.44. The van der Waals surface area contributed by atoms with Gasteiger partial charge >= 0.3 is 5.82 Å². The summed E-state index contributed by atoms with van der Waals surface area (Å²) in [4.78, 5) is 13.4. The van der Waals surface area contributed by atoms with Crippen LogP contribution in [0.3, 0.4) is 0 Å². The average molecular weight is 277 g/mol. The molecule has 0 amide bonds. The minimum atomic E-state index is -1.33. The van der Waals surface area contributed by atoms with Crippen molar-refractivity contribution < 1.29 is 25.0 Å². The Balaban J connectivity index is 2.30. The van der Waals surface area contributed by atoms with Crippen molar-refractivity contribution in [2.24, 2.45) is 0 Å². The summed E-state index contributed by atoms with van der Waals surface area (Å²) < 4.78 is 6.33. The van der Waals surface area contributed by atoms with Crippen LogP contribution in [0.15, 0.2) is 11.4 Å². The third-order valence-electron chi connectivity index (χ3n) is 2.71. The lowest BCUT2D eigenvalue weighted by atomic mass is 10.1. The molecule has 2 rings (SSSR count). The third-order valence-corrected chi connectivity index (χ3v) is 3.14. The predicted octanol–water partition coefficient (Wildman–Crippen LogP) is -1.31. The summed E-state index contributed by atoms with van der Waals surface area (Å²) in [6.45, 7) is -0.479. The van der Waals surface area contributed by atoms with Crippen LogP contribution in [-0.4, -0.2) is 54.7 Å². The van der Waals surface area contributed by atoms with E-state index in [1.807, 2.05) is 0 Å². The Morgan fingerprint density at radius 1 is 1.56 bits per heavy atom. The smallest absolute Gasteiger partial charge is 0.394 e. The number of hydrogen-bond acceptors (Lipinski definition) is 8. The van der Waals surface area contributed by atoms with E-state index >= 15 is 0 Å². The van der Waals surface area contributed by atoms with Gasteiger partial charge in [-0.25, -0.2) is 0 Å². The fourth-order valence-electron chi connectivity index (χ4n) is 1.77. The van der Waals surface area contributed by atoms with Crippen molar-refractivity contribution in [2.45, 2.75) is 29.6 Å². The zero-order chi connectivity index (χ0) is 13.4. The van der Waals surface area contributed by atoms with Crippen LogP contribution in [-0.2, 0) is 4.74 Å². The van der Waals surface area contributed by atoms with Gasteiger partial charge in [0.1, 0.15) is 18.3 Å². The molecule has 0 radical (unpaired) electrons. The van der Waals surface area contributed by atoms with Gasteiger partial charge in [0.05, 0.1) is 6.61 Å². The molecular formula is C8H11N3O6S. The summed E-state index contributed by atoms with van der Waals surface area (Å²) in [6.07, 6.45) is -3.57. The van der Waals surface area contributed by atoms with Gasteiger partial charge in [-0.3, -0.25) is 4.57 Å². The van der Waals surface area contributed by atoms with Gasteiger partial charge in [-0.05, 0) is 9.91 Å². The molecule has 100 valence electrons. The Kier molecular flexibility index (Phi) is 3.54. The molecule has 10 heteroatoms. The minimum absolute atomic E-state index is 0.102. The van der Waals surface area contributed by atoms with Crippen LogP contribution >= 0.6 is 12.6 Å². The Morgan fingerprint density at radius 3 is 2.67 bits per heavy atom. The van der Waals surface area contributed by atoms with Gasteiger partial charge in [0.15, 0.2) is 11.3 Å². The SMILES string of the molecule is O=[N+]([O-])c1ncn([C@H]2O[C@@H](CO)[C@@H](O)[C@@H]2O)c1S. The van der Waals surface area contributed by atoms with E-state index in [-0.39, 0.29) is 5.03 Å². The van der Waals surface area contributed by atoms with E-state index in [2.05, 4.69) is 17.6 Å². The number of aliphatic hydroxyl groups is 3. The molecular weight excluding hydrogens is 266 g/mol. The molecule has 0 unspecified atom stereocenters. The van der Waals surface area contributed by atoms with Gasteiger partial charge in [-0.1, -0.05) is 0 Å². The highest BCUT2D eigenvalue weighted by molar-refractivity contribution is 7.80. The number of nitro groups is 1. The van der Waals surface area contributed by atoms with Crippen LogP contribution in [0.4, 0.5) is 5.82 Å². The van der Waals surface area contributed by atoms with Gasteiger partial charge in [0.25, 0.3) is 0 Å². The van der Waals surface area contributed by atoms with E-state index in [1.165, 1.54) is 0 Å². The first-order valence-electron chi connectivity index (χ1n) is 5.00. The summed E-state index contributed by atoms with van der Waals surface area (Å²) in [5.74, 6) is -0.476. The van der Waals surface area contributed by atoms with E-state index < -0.39 is 41.9 Å². The molecule has 0 aliphatic carbocycles. The number of ether oxygens (including phenoxy) is 1. The first-order valence-corrected chi connectivity index (χ1v) is 5.44. The first kappa shape index (κ1) is 13.2.